The van der Waals surface area contributed by atoms with Crippen LogP contribution in [-0.4, -0.2) is 23.1 Å². The number of hydrogen-bond acceptors (Lipinski definition) is 1. The van der Waals surface area contributed by atoms with Crippen molar-refractivity contribution in [2.75, 3.05) is 12.8 Å². The molecule has 1 nitrogen and oxygen atoms in total. The molecule has 0 atom stereocenters. The summed E-state index contributed by atoms with van der Waals surface area (Å²) in [5, 5.41) is 0. The van der Waals surface area contributed by atoms with Gasteiger partial charge in [0.25, 0.3) is 0 Å². The molecule has 1 rings (SSSR count). The van der Waals surface area contributed by atoms with Crippen molar-refractivity contribution >= 4 is 10.2 Å². The Kier molecular flexibility index (Phi) is 4.87. The van der Waals surface area contributed by atoms with E-state index in [4.69, 9.17) is 4.74 Å². The first-order valence-corrected chi connectivity index (χ1v) is 5.36. The van der Waals surface area contributed by atoms with E-state index in [0.717, 1.165) is 12.5 Å². The zero-order valence-electron chi connectivity index (χ0n) is 7.14. The highest BCUT2D eigenvalue weighted by atomic mass is 28.1. The quantitative estimate of drug-likeness (QED) is 0.462. The van der Waals surface area contributed by atoms with Crippen LogP contribution in [0.25, 0.3) is 0 Å². The van der Waals surface area contributed by atoms with Gasteiger partial charge in [0.05, 0.1) is 10.2 Å². The molecule has 0 unspecified atom stereocenters. The summed E-state index contributed by atoms with van der Waals surface area (Å²) in [4.78, 5) is 0. The molecule has 63 valence electrons. The standard InChI is InChI=1S/C9H17OSi/c11-8-10-7-6-9-4-2-1-3-5-9/h9H,1-8H2. The molecule has 1 saturated carbocycles. The summed E-state index contributed by atoms with van der Waals surface area (Å²) in [6.07, 6.45) is 9.17. The van der Waals surface area contributed by atoms with E-state index < -0.39 is 0 Å². The van der Waals surface area contributed by atoms with Gasteiger partial charge in [-0.2, -0.15) is 0 Å². The number of rotatable bonds is 4. The minimum Gasteiger partial charge on any atom is -0.386 e. The van der Waals surface area contributed by atoms with Crippen LogP contribution in [0.4, 0.5) is 0 Å². The minimum absolute atomic E-state index is 0.687. The van der Waals surface area contributed by atoms with Crippen molar-refractivity contribution in [2.24, 2.45) is 5.92 Å². The van der Waals surface area contributed by atoms with Gasteiger partial charge in [-0.1, -0.05) is 32.1 Å². The third-order valence-corrected chi connectivity index (χ3v) is 2.70. The molecule has 1 aliphatic carbocycles. The topological polar surface area (TPSA) is 9.23 Å². The van der Waals surface area contributed by atoms with E-state index in [-0.39, 0.29) is 0 Å². The monoisotopic (exact) mass is 169 g/mol. The Bertz CT molecular complexity index is 89.6. The van der Waals surface area contributed by atoms with Gasteiger partial charge in [0.15, 0.2) is 0 Å². The van der Waals surface area contributed by atoms with Gasteiger partial charge in [-0.3, -0.25) is 0 Å². The Morgan fingerprint density at radius 2 is 1.91 bits per heavy atom. The third kappa shape index (κ3) is 3.92. The zero-order valence-corrected chi connectivity index (χ0v) is 8.14. The van der Waals surface area contributed by atoms with Gasteiger partial charge in [-0.15, -0.1) is 0 Å². The molecule has 1 fully saturated rings. The van der Waals surface area contributed by atoms with Crippen LogP contribution in [0.15, 0.2) is 0 Å². The first-order chi connectivity index (χ1) is 5.43. The van der Waals surface area contributed by atoms with Crippen molar-refractivity contribution in [3.63, 3.8) is 0 Å². The molecule has 11 heavy (non-hydrogen) atoms. The van der Waals surface area contributed by atoms with E-state index in [1.54, 1.807) is 0 Å². The van der Waals surface area contributed by atoms with Crippen molar-refractivity contribution < 1.29 is 4.74 Å². The Morgan fingerprint density at radius 3 is 2.55 bits per heavy atom. The number of ether oxygens (including phenoxy) is 1. The van der Waals surface area contributed by atoms with Crippen LogP contribution < -0.4 is 0 Å². The SMILES string of the molecule is [Si]COCCC1CCCCC1. The lowest BCUT2D eigenvalue weighted by Crippen LogP contribution is -2.09. The molecule has 0 aromatic rings. The first-order valence-electron chi connectivity index (χ1n) is 4.66. The molecule has 0 heterocycles. The van der Waals surface area contributed by atoms with E-state index in [2.05, 4.69) is 10.2 Å². The second kappa shape index (κ2) is 5.78. The summed E-state index contributed by atoms with van der Waals surface area (Å²) in [6, 6.07) is 0. The second-order valence-electron chi connectivity index (χ2n) is 3.35. The average molecular weight is 169 g/mol. The summed E-state index contributed by atoms with van der Waals surface area (Å²) in [7, 11) is 3.30. The van der Waals surface area contributed by atoms with Gasteiger partial charge >= 0.3 is 0 Å². The normalized spacial score (nSPS) is 20.5. The van der Waals surface area contributed by atoms with E-state index >= 15 is 0 Å². The Balaban J connectivity index is 1.96. The fourth-order valence-electron chi connectivity index (χ4n) is 1.80. The summed E-state index contributed by atoms with van der Waals surface area (Å²) in [5.41, 5.74) is 0. The predicted molar refractivity (Wildman–Crippen MR) is 47.8 cm³/mol. The molecule has 0 spiro atoms. The maximum Gasteiger partial charge on any atom is 0.0609 e. The van der Waals surface area contributed by atoms with Crippen LogP contribution in [-0.2, 0) is 4.74 Å². The van der Waals surface area contributed by atoms with Gasteiger partial charge in [-0.05, 0) is 12.3 Å². The van der Waals surface area contributed by atoms with Crippen LogP contribution in [0.3, 0.4) is 0 Å². The summed E-state index contributed by atoms with van der Waals surface area (Å²) in [5.74, 6) is 0.960. The maximum atomic E-state index is 5.25. The highest BCUT2D eigenvalue weighted by Crippen LogP contribution is 2.25. The van der Waals surface area contributed by atoms with Crippen LogP contribution in [0.1, 0.15) is 38.5 Å². The van der Waals surface area contributed by atoms with Crippen LogP contribution >= 0.6 is 0 Å². The molecular formula is C9H17OSi. The average Bonchev–Trinajstić information content (AvgIpc) is 2.07. The van der Waals surface area contributed by atoms with Crippen molar-refractivity contribution in [1.29, 1.82) is 0 Å². The Hall–Kier alpha value is 0.177. The summed E-state index contributed by atoms with van der Waals surface area (Å²) < 4.78 is 5.25. The Morgan fingerprint density at radius 1 is 1.18 bits per heavy atom. The van der Waals surface area contributed by atoms with Crippen molar-refractivity contribution in [3.8, 4) is 0 Å². The van der Waals surface area contributed by atoms with Gasteiger partial charge < -0.3 is 4.74 Å². The molecule has 0 N–H and O–H groups in total. The lowest BCUT2D eigenvalue weighted by atomic mass is 9.87. The van der Waals surface area contributed by atoms with E-state index in [1.165, 1.54) is 38.5 Å². The van der Waals surface area contributed by atoms with E-state index in [0.29, 0.717) is 6.23 Å². The molecule has 0 aromatic carbocycles. The van der Waals surface area contributed by atoms with Gasteiger partial charge in [0.2, 0.25) is 0 Å². The molecule has 0 saturated heterocycles. The van der Waals surface area contributed by atoms with E-state index in [9.17, 15) is 0 Å². The summed E-state index contributed by atoms with van der Waals surface area (Å²) in [6.45, 7) is 0.939. The maximum absolute atomic E-state index is 5.25. The number of hydrogen-bond donors (Lipinski definition) is 0. The molecular weight excluding hydrogens is 152 g/mol. The molecule has 1 aliphatic rings. The third-order valence-electron chi connectivity index (χ3n) is 2.50. The van der Waals surface area contributed by atoms with Crippen molar-refractivity contribution in [3.05, 3.63) is 0 Å². The second-order valence-corrected chi connectivity index (χ2v) is 3.63. The highest BCUT2D eigenvalue weighted by Gasteiger charge is 2.12. The van der Waals surface area contributed by atoms with Crippen molar-refractivity contribution in [1.82, 2.24) is 0 Å². The van der Waals surface area contributed by atoms with Gasteiger partial charge in [0, 0.05) is 12.8 Å². The fourth-order valence-corrected chi connectivity index (χ4v) is 1.94. The minimum atomic E-state index is 0.687. The molecule has 0 aliphatic heterocycles. The van der Waals surface area contributed by atoms with Crippen LogP contribution in [0.2, 0.25) is 0 Å². The molecule has 0 bridgehead atoms. The van der Waals surface area contributed by atoms with Crippen LogP contribution in [0, 0.1) is 5.92 Å². The smallest absolute Gasteiger partial charge is 0.0609 e. The largest absolute Gasteiger partial charge is 0.386 e. The van der Waals surface area contributed by atoms with Crippen molar-refractivity contribution in [2.45, 2.75) is 38.5 Å². The van der Waals surface area contributed by atoms with Gasteiger partial charge in [0.1, 0.15) is 0 Å². The van der Waals surface area contributed by atoms with Crippen LogP contribution in [0.5, 0.6) is 0 Å². The Labute approximate surface area is 72.9 Å². The molecule has 0 amide bonds. The molecule has 3 radical (unpaired) electrons. The molecule has 0 aromatic heterocycles. The highest BCUT2D eigenvalue weighted by molar-refractivity contribution is 6.08. The first kappa shape index (κ1) is 9.27. The predicted octanol–water partition coefficient (Wildman–Crippen LogP) is 2.10. The van der Waals surface area contributed by atoms with Gasteiger partial charge in [-0.25, -0.2) is 0 Å². The lowest BCUT2D eigenvalue weighted by Gasteiger charge is -2.20. The lowest BCUT2D eigenvalue weighted by molar-refractivity contribution is 0.150. The summed E-state index contributed by atoms with van der Waals surface area (Å²) >= 11 is 0. The zero-order chi connectivity index (χ0) is 7.94. The van der Waals surface area contributed by atoms with E-state index in [1.807, 2.05) is 0 Å². The molecule has 2 heteroatoms. The fraction of sp³-hybridized carbons (Fsp3) is 1.00.